The molecule has 10 nitrogen and oxygen atoms in total. The Morgan fingerprint density at radius 3 is 2.66 bits per heavy atom. The third kappa shape index (κ3) is 4.39. The standard InChI is InChI=1S/C28H27N7O3/c1-16(2)27(36)31-19-10-17(13-29-15-19)18-11-22-25(33-34-26(22)30-14-18)24-12-21-20(4-3-5-23(21)32-24)28(37)35-6-8-38-9-7-35/h3-5,10-16,32H,6-9H2,1-2H3,(H,31,36)(H,30,33,34). The Morgan fingerprint density at radius 1 is 1.03 bits per heavy atom. The monoisotopic (exact) mass is 509 g/mol. The van der Waals surface area contributed by atoms with Crippen molar-refractivity contribution in [2.75, 3.05) is 31.6 Å². The van der Waals surface area contributed by atoms with Crippen molar-refractivity contribution >= 4 is 39.4 Å². The van der Waals surface area contributed by atoms with Gasteiger partial charge in [0.2, 0.25) is 5.91 Å². The molecule has 0 radical (unpaired) electrons. The topological polar surface area (TPSA) is 129 Å². The van der Waals surface area contributed by atoms with Crippen molar-refractivity contribution in [3.8, 4) is 22.5 Å². The molecule has 1 aliphatic rings. The molecule has 0 aliphatic carbocycles. The number of nitrogens with one attached hydrogen (secondary N) is 3. The summed E-state index contributed by atoms with van der Waals surface area (Å²) >= 11 is 0. The second-order valence-electron chi connectivity index (χ2n) is 9.65. The highest BCUT2D eigenvalue weighted by molar-refractivity contribution is 6.08. The molecule has 38 heavy (non-hydrogen) atoms. The zero-order chi connectivity index (χ0) is 26.2. The lowest BCUT2D eigenvalue weighted by Gasteiger charge is -2.27. The van der Waals surface area contributed by atoms with Crippen LogP contribution in [0.2, 0.25) is 0 Å². The van der Waals surface area contributed by atoms with Gasteiger partial charge in [0, 0.05) is 64.4 Å². The van der Waals surface area contributed by atoms with Crippen LogP contribution in [0.15, 0.2) is 55.0 Å². The number of anilines is 1. The number of carbonyl (C=O) groups is 2. The molecule has 1 fully saturated rings. The van der Waals surface area contributed by atoms with Crippen LogP contribution in [0.25, 0.3) is 44.5 Å². The minimum atomic E-state index is -0.133. The van der Waals surface area contributed by atoms with Gasteiger partial charge in [0.1, 0.15) is 5.69 Å². The van der Waals surface area contributed by atoms with Gasteiger partial charge in [0.15, 0.2) is 5.65 Å². The molecule has 3 N–H and O–H groups in total. The molecule has 0 unspecified atom stereocenters. The van der Waals surface area contributed by atoms with Crippen LogP contribution in [0.5, 0.6) is 0 Å². The molecule has 10 heteroatoms. The zero-order valence-corrected chi connectivity index (χ0v) is 21.1. The first-order chi connectivity index (χ1) is 18.5. The van der Waals surface area contributed by atoms with E-state index in [0.717, 1.165) is 33.1 Å². The molecule has 2 amide bonds. The normalized spacial score (nSPS) is 13.9. The van der Waals surface area contributed by atoms with Crippen LogP contribution in [0.1, 0.15) is 24.2 Å². The summed E-state index contributed by atoms with van der Waals surface area (Å²) in [6, 6.07) is 11.5. The summed E-state index contributed by atoms with van der Waals surface area (Å²) < 4.78 is 5.40. The van der Waals surface area contributed by atoms with Gasteiger partial charge in [-0.3, -0.25) is 19.7 Å². The van der Waals surface area contributed by atoms with E-state index in [-0.39, 0.29) is 17.7 Å². The molecular formula is C28H27N7O3. The Bertz CT molecular complexity index is 1660. The van der Waals surface area contributed by atoms with E-state index in [4.69, 9.17) is 4.74 Å². The highest BCUT2D eigenvalue weighted by atomic mass is 16.5. The number of nitrogens with zero attached hydrogens (tertiary/aromatic N) is 4. The Hall–Kier alpha value is -4.57. The number of rotatable bonds is 5. The van der Waals surface area contributed by atoms with E-state index in [9.17, 15) is 9.59 Å². The molecule has 0 saturated carbocycles. The molecule has 5 aromatic rings. The molecule has 1 saturated heterocycles. The zero-order valence-electron chi connectivity index (χ0n) is 21.1. The first kappa shape index (κ1) is 23.8. The average molecular weight is 510 g/mol. The van der Waals surface area contributed by atoms with Gasteiger partial charge in [0.05, 0.1) is 30.8 Å². The van der Waals surface area contributed by atoms with Crippen LogP contribution in [0.4, 0.5) is 5.69 Å². The number of aromatic nitrogens is 5. The van der Waals surface area contributed by atoms with Crippen LogP contribution in [0, 0.1) is 5.92 Å². The number of morpholine rings is 1. The van der Waals surface area contributed by atoms with Gasteiger partial charge < -0.3 is 19.9 Å². The molecule has 4 aromatic heterocycles. The van der Waals surface area contributed by atoms with E-state index in [1.54, 1.807) is 18.6 Å². The summed E-state index contributed by atoms with van der Waals surface area (Å²) in [4.78, 5) is 39.5. The summed E-state index contributed by atoms with van der Waals surface area (Å²) in [6.07, 6.45) is 5.11. The summed E-state index contributed by atoms with van der Waals surface area (Å²) in [5.74, 6) is -0.205. The molecule has 192 valence electrons. The van der Waals surface area contributed by atoms with E-state index in [1.807, 2.05) is 55.1 Å². The maximum Gasteiger partial charge on any atom is 0.254 e. The molecular weight excluding hydrogens is 482 g/mol. The molecule has 1 aromatic carbocycles. The molecule has 0 atom stereocenters. The lowest BCUT2D eigenvalue weighted by Crippen LogP contribution is -2.40. The summed E-state index contributed by atoms with van der Waals surface area (Å²) in [5.41, 5.74) is 5.92. The van der Waals surface area contributed by atoms with Crippen LogP contribution in [-0.4, -0.2) is 68.2 Å². The number of H-pyrrole nitrogens is 2. The number of amides is 2. The van der Waals surface area contributed by atoms with E-state index >= 15 is 0 Å². The lowest BCUT2D eigenvalue weighted by molar-refractivity contribution is -0.118. The molecule has 6 rings (SSSR count). The summed E-state index contributed by atoms with van der Waals surface area (Å²) in [5, 5.41) is 12.1. The van der Waals surface area contributed by atoms with Crippen molar-refractivity contribution < 1.29 is 14.3 Å². The van der Waals surface area contributed by atoms with Gasteiger partial charge >= 0.3 is 0 Å². The van der Waals surface area contributed by atoms with Gasteiger partial charge in [-0.1, -0.05) is 19.9 Å². The van der Waals surface area contributed by atoms with Crippen molar-refractivity contribution in [1.29, 1.82) is 0 Å². The Morgan fingerprint density at radius 2 is 1.84 bits per heavy atom. The third-order valence-corrected chi connectivity index (χ3v) is 6.73. The lowest BCUT2D eigenvalue weighted by atomic mass is 10.1. The maximum atomic E-state index is 13.2. The van der Waals surface area contributed by atoms with Crippen molar-refractivity contribution in [1.82, 2.24) is 30.0 Å². The second kappa shape index (κ2) is 9.71. The maximum absolute atomic E-state index is 13.2. The number of hydrogen-bond donors (Lipinski definition) is 3. The Labute approximate surface area is 218 Å². The Balaban J connectivity index is 1.36. The quantitative estimate of drug-likeness (QED) is 0.325. The number of hydrogen-bond acceptors (Lipinski definition) is 6. The highest BCUT2D eigenvalue weighted by Crippen LogP contribution is 2.32. The highest BCUT2D eigenvalue weighted by Gasteiger charge is 2.22. The molecule has 5 heterocycles. The van der Waals surface area contributed by atoms with Gasteiger partial charge in [-0.05, 0) is 30.3 Å². The SMILES string of the molecule is CC(C)C(=O)Nc1cncc(-c2cnc3[nH]nc(-c4cc5c(C(=O)N6CCOCC6)cccc5[nH]4)c3c2)c1. The number of benzene rings is 1. The van der Waals surface area contributed by atoms with E-state index in [2.05, 4.69) is 30.5 Å². The van der Waals surface area contributed by atoms with E-state index < -0.39 is 0 Å². The smallest absolute Gasteiger partial charge is 0.254 e. The fourth-order valence-electron chi connectivity index (χ4n) is 4.63. The average Bonchev–Trinajstić information content (AvgIpc) is 3.57. The van der Waals surface area contributed by atoms with Crippen LogP contribution >= 0.6 is 0 Å². The van der Waals surface area contributed by atoms with E-state index in [0.29, 0.717) is 48.9 Å². The van der Waals surface area contributed by atoms with Crippen LogP contribution in [-0.2, 0) is 9.53 Å². The van der Waals surface area contributed by atoms with Crippen molar-refractivity contribution in [3.63, 3.8) is 0 Å². The largest absolute Gasteiger partial charge is 0.378 e. The van der Waals surface area contributed by atoms with Gasteiger partial charge in [0.25, 0.3) is 5.91 Å². The predicted molar refractivity (Wildman–Crippen MR) is 145 cm³/mol. The summed E-state index contributed by atoms with van der Waals surface area (Å²) in [7, 11) is 0. The second-order valence-corrected chi connectivity index (χ2v) is 9.65. The number of ether oxygens (including phenoxy) is 1. The van der Waals surface area contributed by atoms with Gasteiger partial charge in [-0.2, -0.15) is 5.10 Å². The predicted octanol–water partition coefficient (Wildman–Crippen LogP) is 4.24. The number of aromatic amines is 2. The number of fused-ring (bicyclic) bond motifs is 2. The number of pyridine rings is 2. The molecule has 0 bridgehead atoms. The Kier molecular flexibility index (Phi) is 6.09. The van der Waals surface area contributed by atoms with Crippen molar-refractivity contribution in [2.45, 2.75) is 13.8 Å². The van der Waals surface area contributed by atoms with Crippen LogP contribution in [0.3, 0.4) is 0 Å². The van der Waals surface area contributed by atoms with Crippen molar-refractivity contribution in [2.24, 2.45) is 5.92 Å². The summed E-state index contributed by atoms with van der Waals surface area (Å²) in [6.45, 7) is 5.96. The van der Waals surface area contributed by atoms with Gasteiger partial charge in [-0.15, -0.1) is 0 Å². The molecule has 0 spiro atoms. The molecule has 1 aliphatic heterocycles. The number of carbonyl (C=O) groups excluding carboxylic acids is 2. The third-order valence-electron chi connectivity index (χ3n) is 6.73. The fraction of sp³-hybridized carbons (Fsp3) is 0.250. The first-order valence-corrected chi connectivity index (χ1v) is 12.6. The fourth-order valence-corrected chi connectivity index (χ4v) is 4.63. The van der Waals surface area contributed by atoms with E-state index in [1.165, 1.54) is 0 Å². The van der Waals surface area contributed by atoms with Crippen LogP contribution < -0.4 is 5.32 Å². The minimum absolute atomic E-state index is 0.00257. The first-order valence-electron chi connectivity index (χ1n) is 12.6. The van der Waals surface area contributed by atoms with Gasteiger partial charge in [-0.25, -0.2) is 4.98 Å². The van der Waals surface area contributed by atoms with Crippen molar-refractivity contribution in [3.05, 3.63) is 60.6 Å². The minimum Gasteiger partial charge on any atom is -0.378 e.